The molecule has 0 spiro atoms. The van der Waals surface area contributed by atoms with Gasteiger partial charge < -0.3 is 58.3 Å². The van der Waals surface area contributed by atoms with Gasteiger partial charge in [0.25, 0.3) is 0 Å². The van der Waals surface area contributed by atoms with Gasteiger partial charge >= 0.3 is 0 Å². The number of benzene rings is 1. The van der Waals surface area contributed by atoms with Crippen LogP contribution in [-0.2, 0) is 68.3 Å². The summed E-state index contributed by atoms with van der Waals surface area (Å²) in [5.41, 5.74) is 6.52. The molecule has 0 bridgehead atoms. The molecule has 9 atom stereocenters. The number of ketones is 2. The van der Waals surface area contributed by atoms with Gasteiger partial charge in [0.15, 0.2) is 5.78 Å². The van der Waals surface area contributed by atoms with Crippen molar-refractivity contribution in [1.29, 1.82) is 0 Å². The van der Waals surface area contributed by atoms with Crippen LogP contribution in [0.25, 0.3) is 0 Å². The van der Waals surface area contributed by atoms with Gasteiger partial charge in [-0.3, -0.25) is 24.0 Å². The minimum Gasteiger partial charge on any atom is -0.379 e. The molecule has 1 fully saturated rings. The van der Waals surface area contributed by atoms with E-state index >= 15 is 0 Å². The summed E-state index contributed by atoms with van der Waals surface area (Å²) >= 11 is 1.56. The third-order valence-electron chi connectivity index (χ3n) is 14.8. The summed E-state index contributed by atoms with van der Waals surface area (Å²) in [7, 11) is 6.57. The number of nitrogens with two attached hydrogens (primary N) is 1. The number of aromatic nitrogens is 1. The van der Waals surface area contributed by atoms with E-state index in [4.69, 9.17) is 43.6 Å². The number of likely N-dealkylation sites (tertiary alicyclic amines) is 1. The maximum atomic E-state index is 14.8. The van der Waals surface area contributed by atoms with Crippen LogP contribution in [0.5, 0.6) is 0 Å². The number of likely N-dealkylation sites (N-methyl/N-ethyl adjacent to an activating group) is 2. The van der Waals surface area contributed by atoms with E-state index in [9.17, 15) is 24.0 Å². The highest BCUT2D eigenvalue weighted by molar-refractivity contribution is 7.09. The third kappa shape index (κ3) is 23.1. The number of carbonyl (C=O) groups excluding carboxylic acids is 5. The second-order valence-corrected chi connectivity index (χ2v) is 21.9. The van der Waals surface area contributed by atoms with Crippen molar-refractivity contribution in [2.45, 2.75) is 136 Å². The number of carbonyl (C=O) groups is 5. The van der Waals surface area contributed by atoms with Crippen molar-refractivity contribution in [1.82, 2.24) is 19.7 Å². The van der Waals surface area contributed by atoms with Crippen LogP contribution in [0.3, 0.4) is 0 Å². The fraction of sp³-hybridized carbons (Fsp3) is 0.759. The number of nitrogens with zero attached hydrogens (tertiary/aromatic N) is 4. The van der Waals surface area contributed by atoms with E-state index in [0.29, 0.717) is 111 Å². The molecule has 1 saturated heterocycles. The second-order valence-electron chi connectivity index (χ2n) is 20.9. The van der Waals surface area contributed by atoms with Gasteiger partial charge in [-0.25, -0.2) is 4.98 Å². The first-order valence-electron chi connectivity index (χ1n) is 28.0. The molecule has 2 aromatic rings. The Hall–Kier alpha value is -3.76. The lowest BCUT2D eigenvalue weighted by Gasteiger charge is -2.41. The molecule has 0 saturated carbocycles. The lowest BCUT2D eigenvalue weighted by atomic mass is 9.83. The summed E-state index contributed by atoms with van der Waals surface area (Å²) in [5.74, 6) is -2.43. The number of hydrogen-bond acceptors (Lipinski definition) is 16. The number of rotatable bonds is 43. The smallest absolute Gasteiger partial charge is 0.226 e. The van der Waals surface area contributed by atoms with Crippen LogP contribution in [0.15, 0.2) is 41.9 Å². The molecular weight excluding hydrogens is 1010 g/mol. The molecule has 18 nitrogen and oxygen atoms in total. The molecule has 2 heterocycles. The van der Waals surface area contributed by atoms with E-state index < -0.39 is 36.1 Å². The summed E-state index contributed by atoms with van der Waals surface area (Å²) in [5, 5.41) is 2.86. The molecule has 438 valence electrons. The number of hydrogen-bond donors (Lipinski definition) is 1. The maximum absolute atomic E-state index is 14.8. The molecule has 1 aliphatic heterocycles. The number of ether oxygens (including phenoxy) is 8. The monoisotopic (exact) mass is 1100 g/mol. The first-order chi connectivity index (χ1) is 37.0. The molecule has 0 unspecified atom stereocenters. The highest BCUT2D eigenvalue weighted by atomic mass is 32.1. The lowest BCUT2D eigenvalue weighted by molar-refractivity contribution is -0.149. The Morgan fingerprint density at radius 3 is 1.79 bits per heavy atom. The van der Waals surface area contributed by atoms with Gasteiger partial charge in [0, 0.05) is 83.6 Å². The van der Waals surface area contributed by atoms with Crippen molar-refractivity contribution in [3.05, 3.63) is 52.5 Å². The van der Waals surface area contributed by atoms with E-state index in [0.717, 1.165) is 17.0 Å². The zero-order valence-corrected chi connectivity index (χ0v) is 49.3. The number of methoxy groups -OCH3 is 2. The average molecular weight is 1100 g/mol. The summed E-state index contributed by atoms with van der Waals surface area (Å²) in [6.45, 7) is 19.7. The van der Waals surface area contributed by atoms with E-state index in [1.54, 1.807) is 50.7 Å². The van der Waals surface area contributed by atoms with Gasteiger partial charge in [-0.1, -0.05) is 85.2 Å². The Morgan fingerprint density at radius 2 is 1.30 bits per heavy atom. The van der Waals surface area contributed by atoms with Gasteiger partial charge in [-0.15, -0.1) is 11.3 Å². The average Bonchev–Trinajstić information content (AvgIpc) is 4.15. The van der Waals surface area contributed by atoms with Gasteiger partial charge in [-0.05, 0) is 42.6 Å². The first-order valence-corrected chi connectivity index (χ1v) is 28.9. The maximum Gasteiger partial charge on any atom is 0.226 e. The topological polar surface area (TPSA) is 208 Å². The van der Waals surface area contributed by atoms with E-state index in [2.05, 4.69) is 24.0 Å². The van der Waals surface area contributed by atoms with E-state index in [-0.39, 0.29) is 84.9 Å². The largest absolute Gasteiger partial charge is 0.379 e. The summed E-state index contributed by atoms with van der Waals surface area (Å²) in [6.07, 6.45) is 3.81. The van der Waals surface area contributed by atoms with Crippen LogP contribution >= 0.6 is 11.3 Å². The van der Waals surface area contributed by atoms with Crippen molar-refractivity contribution in [2.24, 2.45) is 35.3 Å². The second kappa shape index (κ2) is 38.0. The molecule has 0 aliphatic carbocycles. The molecule has 1 aliphatic rings. The molecule has 1 aromatic carbocycles. The van der Waals surface area contributed by atoms with Crippen LogP contribution in [0, 0.1) is 29.6 Å². The normalized spacial score (nSPS) is 17.0. The summed E-state index contributed by atoms with van der Waals surface area (Å²) in [6, 6.07) is 8.58. The quantitative estimate of drug-likeness (QED) is 0.0703. The summed E-state index contributed by atoms with van der Waals surface area (Å²) < 4.78 is 45.2. The molecule has 0 radical (unpaired) electrons. The fourth-order valence-corrected chi connectivity index (χ4v) is 11.1. The molecule has 3 rings (SSSR count). The molecule has 77 heavy (non-hydrogen) atoms. The first kappa shape index (κ1) is 67.5. The Labute approximate surface area is 465 Å². The highest BCUT2D eigenvalue weighted by Gasteiger charge is 2.44. The van der Waals surface area contributed by atoms with Crippen molar-refractivity contribution < 1.29 is 61.9 Å². The van der Waals surface area contributed by atoms with Crippen LogP contribution in [0.1, 0.15) is 110 Å². The van der Waals surface area contributed by atoms with Gasteiger partial charge in [0.05, 0.1) is 127 Å². The Kier molecular flexibility index (Phi) is 33.3. The van der Waals surface area contributed by atoms with Crippen LogP contribution in [0.2, 0.25) is 0 Å². The van der Waals surface area contributed by atoms with E-state index in [1.165, 1.54) is 4.90 Å². The zero-order chi connectivity index (χ0) is 56.7. The van der Waals surface area contributed by atoms with Crippen LogP contribution in [-0.4, -0.2) is 200 Å². The van der Waals surface area contributed by atoms with Crippen molar-refractivity contribution in [3.8, 4) is 0 Å². The van der Waals surface area contributed by atoms with Crippen LogP contribution < -0.4 is 5.73 Å². The predicted octanol–water partition coefficient (Wildman–Crippen LogP) is 6.51. The number of amides is 3. The van der Waals surface area contributed by atoms with Gasteiger partial charge in [0.1, 0.15) is 5.78 Å². The molecule has 19 heteroatoms. The standard InChI is InChI=1S/C58H97N5O13S/c1-12-43(6)55(51(69-10)40-53(67)63-23-16-19-48(63)56(70-11)44(7)49(64)38-46(57-60-22-36-77-57)37-45-17-14-13-15-18-45)62(9)58(68)47(41(2)3)39-50(65)54(42(4)5)61(8)52(66)20-24-71-26-28-73-30-32-75-34-35-76-33-31-74-29-27-72-25-21-59/h13-15,17-18,22,36,41-44,46-48,51,54-56H,12,16,19-21,23-35,37-40,59H2,1-11H3/t43-,44-,46+,47-,48-,51+,54-,55-,56+/m0/s1. The van der Waals surface area contributed by atoms with Crippen molar-refractivity contribution in [3.63, 3.8) is 0 Å². The molecular formula is C58H97N5O13S. The SMILES string of the molecule is CC[C@H](C)[C@@H]([C@@H](CC(=O)N1CCC[C@H]1[C@H](OC)[C@@H](C)C(=O)C[C@@H](Cc1ccccc1)c1nccs1)OC)N(C)C(=O)[C@@H](CC(=O)[C@H](C(C)C)N(C)C(=O)CCOCCOCCOCCOCCOCCOCCN)C(C)C. The molecule has 2 N–H and O–H groups in total. The Morgan fingerprint density at radius 1 is 0.727 bits per heavy atom. The third-order valence-corrected chi connectivity index (χ3v) is 15.8. The highest BCUT2D eigenvalue weighted by Crippen LogP contribution is 2.34. The zero-order valence-electron chi connectivity index (χ0n) is 48.5. The fourth-order valence-electron chi connectivity index (χ4n) is 10.4. The van der Waals surface area contributed by atoms with Crippen molar-refractivity contribution >= 4 is 40.6 Å². The van der Waals surface area contributed by atoms with Crippen LogP contribution in [0.4, 0.5) is 0 Å². The minimum absolute atomic E-state index is 0.0171. The van der Waals surface area contributed by atoms with Gasteiger partial charge in [-0.2, -0.15) is 0 Å². The summed E-state index contributed by atoms with van der Waals surface area (Å²) in [4.78, 5) is 80.8. The Bertz CT molecular complexity index is 1950. The van der Waals surface area contributed by atoms with Gasteiger partial charge in [0.2, 0.25) is 17.7 Å². The lowest BCUT2D eigenvalue weighted by Crippen LogP contribution is -2.54. The molecule has 1 aromatic heterocycles. The number of Topliss-reactive ketones (excluding diaryl/α,β-unsaturated/α-hetero) is 2. The van der Waals surface area contributed by atoms with Crippen molar-refractivity contribution in [2.75, 3.05) is 121 Å². The number of thiazole rings is 1. The Balaban J connectivity index is 1.55. The predicted molar refractivity (Wildman–Crippen MR) is 299 cm³/mol. The molecule has 3 amide bonds. The minimum atomic E-state index is -0.749. The van der Waals surface area contributed by atoms with E-state index in [1.807, 2.05) is 70.0 Å².